The van der Waals surface area contributed by atoms with Crippen LogP contribution in [0.4, 0.5) is 0 Å². The van der Waals surface area contributed by atoms with Gasteiger partial charge in [-0.15, -0.1) is 0 Å². The van der Waals surface area contributed by atoms with Crippen LogP contribution in [0.3, 0.4) is 0 Å². The summed E-state index contributed by atoms with van der Waals surface area (Å²) in [6, 6.07) is 9.39. The Kier molecular flexibility index (Phi) is 3.19. The Morgan fingerprint density at radius 3 is 2.62 bits per heavy atom. The van der Waals surface area contributed by atoms with Crippen molar-refractivity contribution >= 4 is 11.9 Å². The molecule has 0 spiro atoms. The maximum absolute atomic E-state index is 11.4. The average molecular weight is 219 g/mol. The second-order valence-corrected chi connectivity index (χ2v) is 3.72. The number of hydrogen-bond acceptors (Lipinski definition) is 3. The zero-order valence-corrected chi connectivity index (χ0v) is 8.89. The molecule has 4 nitrogen and oxygen atoms in total. The molecule has 0 aliphatic carbocycles. The van der Waals surface area contributed by atoms with Crippen molar-refractivity contribution in [1.82, 2.24) is 4.90 Å². The maximum atomic E-state index is 11.4. The minimum absolute atomic E-state index is 0.0486. The molecule has 0 N–H and O–H groups in total. The van der Waals surface area contributed by atoms with Crippen LogP contribution in [0.2, 0.25) is 0 Å². The fraction of sp³-hybridized carbons (Fsp3) is 0.333. The Balaban J connectivity index is 1.74. The highest BCUT2D eigenvalue weighted by atomic mass is 16.5. The van der Waals surface area contributed by atoms with Gasteiger partial charge in [0.15, 0.2) is 6.73 Å². The largest absolute Gasteiger partial charge is 0.444 e. The molecule has 2 rings (SSSR count). The van der Waals surface area contributed by atoms with Gasteiger partial charge < -0.3 is 9.64 Å². The first-order valence-corrected chi connectivity index (χ1v) is 5.23. The first-order chi connectivity index (χ1) is 7.75. The molecule has 1 saturated heterocycles. The minimum Gasteiger partial charge on any atom is -0.444 e. The van der Waals surface area contributed by atoms with E-state index < -0.39 is 0 Å². The molecular weight excluding hydrogens is 206 g/mol. The van der Waals surface area contributed by atoms with Crippen LogP contribution in [0.1, 0.15) is 12.0 Å². The summed E-state index contributed by atoms with van der Waals surface area (Å²) >= 11 is 0. The summed E-state index contributed by atoms with van der Waals surface area (Å²) in [5.74, 6) is -0.251. The van der Waals surface area contributed by atoms with E-state index in [0.717, 1.165) is 5.56 Å². The van der Waals surface area contributed by atoms with E-state index in [2.05, 4.69) is 0 Å². The van der Waals surface area contributed by atoms with Crippen molar-refractivity contribution < 1.29 is 14.3 Å². The molecule has 0 saturated carbocycles. The third kappa shape index (κ3) is 2.59. The molecule has 84 valence electrons. The lowest BCUT2D eigenvalue weighted by Crippen LogP contribution is -2.45. The molecule has 1 amide bonds. The van der Waals surface area contributed by atoms with Gasteiger partial charge in [0.2, 0.25) is 5.91 Å². The van der Waals surface area contributed by atoms with Crippen LogP contribution in [-0.2, 0) is 20.7 Å². The van der Waals surface area contributed by atoms with Crippen LogP contribution in [0.5, 0.6) is 0 Å². The number of β-lactam (4-membered cyclic amide) rings is 1. The van der Waals surface area contributed by atoms with Crippen LogP contribution in [-0.4, -0.2) is 30.1 Å². The maximum Gasteiger partial charge on any atom is 0.311 e. The van der Waals surface area contributed by atoms with Crippen molar-refractivity contribution in [2.45, 2.75) is 12.8 Å². The fourth-order valence-corrected chi connectivity index (χ4v) is 1.46. The quantitative estimate of drug-likeness (QED) is 0.559. The van der Waals surface area contributed by atoms with Gasteiger partial charge in [0.25, 0.3) is 0 Å². The van der Waals surface area contributed by atoms with Crippen LogP contribution in [0.15, 0.2) is 30.3 Å². The van der Waals surface area contributed by atoms with Gasteiger partial charge in [-0.3, -0.25) is 9.59 Å². The van der Waals surface area contributed by atoms with Crippen molar-refractivity contribution in [2.24, 2.45) is 0 Å². The molecule has 1 aliphatic rings. The molecule has 1 fully saturated rings. The molecule has 0 aromatic heterocycles. The summed E-state index contributed by atoms with van der Waals surface area (Å²) in [7, 11) is 0. The number of likely N-dealkylation sites (tertiary alicyclic amines) is 1. The zero-order chi connectivity index (χ0) is 11.4. The molecule has 1 heterocycles. The lowest BCUT2D eigenvalue weighted by molar-refractivity contribution is -0.158. The highest BCUT2D eigenvalue weighted by molar-refractivity contribution is 5.81. The second-order valence-electron chi connectivity index (χ2n) is 3.72. The summed E-state index contributed by atoms with van der Waals surface area (Å²) in [5, 5.41) is 0. The predicted molar refractivity (Wildman–Crippen MR) is 57.4 cm³/mol. The van der Waals surface area contributed by atoms with E-state index in [1.165, 1.54) is 4.90 Å². The predicted octanol–water partition coefficient (Wildman–Crippen LogP) is 0.962. The number of carbonyl (C=O) groups excluding carboxylic acids is 2. The first kappa shape index (κ1) is 10.7. The first-order valence-electron chi connectivity index (χ1n) is 5.23. The Morgan fingerprint density at radius 2 is 2.06 bits per heavy atom. The number of amides is 1. The number of nitrogens with zero attached hydrogens (tertiary/aromatic N) is 1. The van der Waals surface area contributed by atoms with E-state index in [4.69, 9.17) is 4.74 Å². The lowest BCUT2D eigenvalue weighted by Gasteiger charge is -2.29. The Morgan fingerprint density at radius 1 is 1.31 bits per heavy atom. The second kappa shape index (κ2) is 4.79. The molecule has 1 aliphatic heterocycles. The third-order valence-electron chi connectivity index (χ3n) is 2.52. The normalized spacial score (nSPS) is 14.5. The molecule has 1 aromatic rings. The number of carbonyl (C=O) groups is 2. The number of ether oxygens (including phenoxy) is 1. The monoisotopic (exact) mass is 219 g/mol. The van der Waals surface area contributed by atoms with E-state index >= 15 is 0 Å². The molecule has 0 bridgehead atoms. The number of esters is 1. The molecule has 1 aromatic carbocycles. The van der Waals surface area contributed by atoms with Crippen LogP contribution < -0.4 is 0 Å². The SMILES string of the molecule is O=C(Cc1ccccc1)OCN1CCC1=O. The number of benzene rings is 1. The van der Waals surface area contributed by atoms with E-state index in [1.54, 1.807) is 0 Å². The number of rotatable bonds is 4. The summed E-state index contributed by atoms with van der Waals surface area (Å²) in [6.07, 6.45) is 0.819. The minimum atomic E-state index is -0.300. The average Bonchev–Trinajstić information content (AvgIpc) is 2.28. The molecule has 16 heavy (non-hydrogen) atoms. The molecule has 0 unspecified atom stereocenters. The van der Waals surface area contributed by atoms with Crippen LogP contribution >= 0.6 is 0 Å². The smallest absolute Gasteiger partial charge is 0.311 e. The number of hydrogen-bond donors (Lipinski definition) is 0. The van der Waals surface area contributed by atoms with Crippen molar-refractivity contribution in [1.29, 1.82) is 0 Å². The van der Waals surface area contributed by atoms with E-state index in [1.807, 2.05) is 30.3 Å². The summed E-state index contributed by atoms with van der Waals surface area (Å²) < 4.78 is 4.99. The van der Waals surface area contributed by atoms with Gasteiger partial charge in [-0.05, 0) is 5.56 Å². The highest BCUT2D eigenvalue weighted by Crippen LogP contribution is 2.08. The van der Waals surface area contributed by atoms with Gasteiger partial charge in [-0.2, -0.15) is 0 Å². The van der Waals surface area contributed by atoms with Gasteiger partial charge in [0.05, 0.1) is 6.42 Å². The van der Waals surface area contributed by atoms with E-state index in [0.29, 0.717) is 13.0 Å². The van der Waals surface area contributed by atoms with Crippen LogP contribution in [0.25, 0.3) is 0 Å². The van der Waals surface area contributed by atoms with Crippen molar-refractivity contribution in [3.05, 3.63) is 35.9 Å². The van der Waals surface area contributed by atoms with Gasteiger partial charge in [-0.25, -0.2) is 0 Å². The topological polar surface area (TPSA) is 46.6 Å². The zero-order valence-electron chi connectivity index (χ0n) is 8.89. The van der Waals surface area contributed by atoms with Crippen LogP contribution in [0, 0.1) is 0 Å². The van der Waals surface area contributed by atoms with E-state index in [9.17, 15) is 9.59 Å². The molecule has 4 heteroatoms. The summed E-state index contributed by atoms with van der Waals surface area (Å²) in [4.78, 5) is 23.9. The van der Waals surface area contributed by atoms with Crippen molar-refractivity contribution in [3.8, 4) is 0 Å². The Hall–Kier alpha value is -1.84. The molecule has 0 atom stereocenters. The summed E-state index contributed by atoms with van der Waals surface area (Å²) in [6.45, 7) is 0.780. The van der Waals surface area contributed by atoms with E-state index in [-0.39, 0.29) is 25.0 Å². The van der Waals surface area contributed by atoms with Gasteiger partial charge in [0, 0.05) is 13.0 Å². The summed E-state index contributed by atoms with van der Waals surface area (Å²) in [5.41, 5.74) is 0.919. The van der Waals surface area contributed by atoms with Gasteiger partial charge in [-0.1, -0.05) is 30.3 Å². The lowest BCUT2D eigenvalue weighted by atomic mass is 10.2. The van der Waals surface area contributed by atoms with Gasteiger partial charge in [0.1, 0.15) is 0 Å². The standard InChI is InChI=1S/C12H13NO3/c14-11-6-7-13(11)9-16-12(15)8-10-4-2-1-3-5-10/h1-5H,6-9H2. The highest BCUT2D eigenvalue weighted by Gasteiger charge is 2.24. The Bertz CT molecular complexity index is 389. The Labute approximate surface area is 93.8 Å². The van der Waals surface area contributed by atoms with Crippen molar-refractivity contribution in [2.75, 3.05) is 13.3 Å². The fourth-order valence-electron chi connectivity index (χ4n) is 1.46. The van der Waals surface area contributed by atoms with Crippen molar-refractivity contribution in [3.63, 3.8) is 0 Å². The van der Waals surface area contributed by atoms with Gasteiger partial charge >= 0.3 is 5.97 Å². The molecular formula is C12H13NO3. The third-order valence-corrected chi connectivity index (χ3v) is 2.52. The molecule has 0 radical (unpaired) electrons.